The highest BCUT2D eigenvalue weighted by Crippen LogP contribution is 2.42. The molecule has 3 aliphatic rings. The number of hydrogen-bond acceptors (Lipinski definition) is 2. The van der Waals surface area contributed by atoms with Crippen molar-refractivity contribution in [3.8, 4) is 11.1 Å². The summed E-state index contributed by atoms with van der Waals surface area (Å²) in [6, 6.07) is 14.6. The highest BCUT2D eigenvalue weighted by molar-refractivity contribution is 5.63. The molecule has 0 aliphatic carbocycles. The van der Waals surface area contributed by atoms with Gasteiger partial charge >= 0.3 is 0 Å². The van der Waals surface area contributed by atoms with Gasteiger partial charge in [0.25, 0.3) is 0 Å². The van der Waals surface area contributed by atoms with Crippen molar-refractivity contribution < 1.29 is 9.50 Å². The van der Waals surface area contributed by atoms with Crippen LogP contribution in [-0.2, 0) is 5.60 Å². The Morgan fingerprint density at radius 2 is 1.45 bits per heavy atom. The molecule has 2 nitrogen and oxygen atoms in total. The molecule has 2 aromatic rings. The smallest absolute Gasteiger partial charge is 0.123 e. The lowest BCUT2D eigenvalue weighted by Crippen LogP contribution is -2.57. The van der Waals surface area contributed by atoms with Crippen LogP contribution in [0.15, 0.2) is 48.5 Å². The molecule has 5 rings (SSSR count). The zero-order valence-electron chi connectivity index (χ0n) is 12.5. The van der Waals surface area contributed by atoms with Crippen LogP contribution in [0.2, 0.25) is 0 Å². The number of piperidine rings is 3. The first kappa shape index (κ1) is 13.9. The zero-order chi connectivity index (χ0) is 15.2. The molecule has 0 saturated carbocycles. The number of benzene rings is 2. The fourth-order valence-electron chi connectivity index (χ4n) is 3.96. The third-order valence-electron chi connectivity index (χ3n) is 5.29. The van der Waals surface area contributed by atoms with Gasteiger partial charge in [0.15, 0.2) is 0 Å². The molecule has 0 unspecified atom stereocenters. The molecule has 1 atom stereocenters. The molecule has 22 heavy (non-hydrogen) atoms. The summed E-state index contributed by atoms with van der Waals surface area (Å²) in [6.45, 7) is 2.97. The highest BCUT2D eigenvalue weighted by Gasteiger charge is 2.46. The van der Waals surface area contributed by atoms with Gasteiger partial charge in [-0.2, -0.15) is 0 Å². The minimum Gasteiger partial charge on any atom is -0.384 e. The first-order valence-electron chi connectivity index (χ1n) is 7.96. The number of halogens is 1. The van der Waals surface area contributed by atoms with Gasteiger partial charge < -0.3 is 10.0 Å². The molecule has 3 fully saturated rings. The lowest BCUT2D eigenvalue weighted by molar-refractivity contribution is -0.117. The number of aliphatic hydroxyl groups is 1. The van der Waals surface area contributed by atoms with Crippen molar-refractivity contribution in [1.82, 2.24) is 4.90 Å². The van der Waals surface area contributed by atoms with E-state index >= 15 is 0 Å². The topological polar surface area (TPSA) is 23.5 Å². The Morgan fingerprint density at radius 1 is 0.909 bits per heavy atom. The normalized spacial score (nSPS) is 30.5. The van der Waals surface area contributed by atoms with Gasteiger partial charge in [-0.1, -0.05) is 36.4 Å². The molecule has 2 aromatic carbocycles. The van der Waals surface area contributed by atoms with Crippen LogP contribution in [-0.4, -0.2) is 29.6 Å². The average molecular weight is 297 g/mol. The molecule has 0 spiro atoms. The summed E-state index contributed by atoms with van der Waals surface area (Å²) >= 11 is 0. The van der Waals surface area contributed by atoms with E-state index < -0.39 is 5.60 Å². The van der Waals surface area contributed by atoms with Crippen molar-refractivity contribution in [2.24, 2.45) is 5.92 Å². The standard InChI is InChI=1S/C19H20FNO/c20-18-7-3-15(4-8-18)14-1-5-16(6-2-14)19(22)13-21-11-9-17(19)10-12-21/h1-8,17,22H,9-13H2/t19-/m1/s1. The van der Waals surface area contributed by atoms with Crippen molar-refractivity contribution in [3.05, 3.63) is 59.9 Å². The summed E-state index contributed by atoms with van der Waals surface area (Å²) in [6.07, 6.45) is 2.16. The van der Waals surface area contributed by atoms with E-state index in [0.717, 1.165) is 49.2 Å². The van der Waals surface area contributed by atoms with Gasteiger partial charge in [-0.25, -0.2) is 4.39 Å². The maximum atomic E-state index is 13.0. The van der Waals surface area contributed by atoms with E-state index in [1.807, 2.05) is 24.3 Å². The summed E-state index contributed by atoms with van der Waals surface area (Å²) in [5, 5.41) is 11.1. The molecule has 3 saturated heterocycles. The van der Waals surface area contributed by atoms with E-state index in [1.54, 1.807) is 12.1 Å². The number of rotatable bonds is 2. The Hall–Kier alpha value is -1.71. The molecule has 3 aliphatic heterocycles. The molecule has 0 radical (unpaired) electrons. The van der Waals surface area contributed by atoms with Gasteiger partial charge in [0, 0.05) is 6.54 Å². The van der Waals surface area contributed by atoms with Crippen molar-refractivity contribution in [3.63, 3.8) is 0 Å². The predicted molar refractivity (Wildman–Crippen MR) is 84.9 cm³/mol. The lowest BCUT2D eigenvalue weighted by Gasteiger charge is -2.50. The summed E-state index contributed by atoms with van der Waals surface area (Å²) < 4.78 is 13.0. The van der Waals surface area contributed by atoms with Gasteiger partial charge in [0.05, 0.1) is 0 Å². The monoisotopic (exact) mass is 297 g/mol. The minimum atomic E-state index is -0.710. The quantitative estimate of drug-likeness (QED) is 0.918. The predicted octanol–water partition coefficient (Wildman–Crippen LogP) is 3.41. The third kappa shape index (κ3) is 2.25. The largest absolute Gasteiger partial charge is 0.384 e. The van der Waals surface area contributed by atoms with E-state index in [1.165, 1.54) is 12.1 Å². The summed E-state index contributed by atoms with van der Waals surface area (Å²) in [7, 11) is 0. The van der Waals surface area contributed by atoms with Crippen LogP contribution in [0.5, 0.6) is 0 Å². The molecular formula is C19H20FNO. The summed E-state index contributed by atoms with van der Waals surface area (Å²) in [5.74, 6) is 0.149. The van der Waals surface area contributed by atoms with E-state index in [2.05, 4.69) is 4.90 Å². The molecule has 0 amide bonds. The molecule has 114 valence electrons. The van der Waals surface area contributed by atoms with Crippen molar-refractivity contribution in [1.29, 1.82) is 0 Å². The van der Waals surface area contributed by atoms with Crippen molar-refractivity contribution >= 4 is 0 Å². The van der Waals surface area contributed by atoms with Crippen LogP contribution in [0.4, 0.5) is 4.39 Å². The Bertz CT molecular complexity index is 659. The van der Waals surface area contributed by atoms with Gasteiger partial charge in [-0.15, -0.1) is 0 Å². The fraction of sp³-hybridized carbons (Fsp3) is 0.368. The van der Waals surface area contributed by atoms with E-state index in [4.69, 9.17) is 0 Å². The maximum absolute atomic E-state index is 13.0. The lowest BCUT2D eigenvalue weighted by atomic mass is 9.71. The van der Waals surface area contributed by atoms with E-state index in [0.29, 0.717) is 5.92 Å². The first-order valence-corrected chi connectivity index (χ1v) is 7.96. The second-order valence-electron chi connectivity index (χ2n) is 6.56. The molecule has 1 N–H and O–H groups in total. The van der Waals surface area contributed by atoms with Gasteiger partial charge in [-0.3, -0.25) is 0 Å². The Labute approximate surface area is 130 Å². The average Bonchev–Trinajstić information content (AvgIpc) is 2.57. The van der Waals surface area contributed by atoms with Gasteiger partial charge in [0.1, 0.15) is 11.4 Å². The van der Waals surface area contributed by atoms with Gasteiger partial charge in [-0.05, 0) is 60.7 Å². The second kappa shape index (κ2) is 5.18. The highest BCUT2D eigenvalue weighted by atomic mass is 19.1. The Kier molecular flexibility index (Phi) is 3.28. The number of fused-ring (bicyclic) bond motifs is 3. The number of hydrogen-bond donors (Lipinski definition) is 1. The van der Waals surface area contributed by atoms with E-state index in [-0.39, 0.29) is 5.82 Å². The maximum Gasteiger partial charge on any atom is 0.123 e. The van der Waals surface area contributed by atoms with Crippen LogP contribution in [0.3, 0.4) is 0 Å². The molecular weight excluding hydrogens is 277 g/mol. The van der Waals surface area contributed by atoms with Crippen LogP contribution < -0.4 is 0 Å². The van der Waals surface area contributed by atoms with Gasteiger partial charge in [0.2, 0.25) is 0 Å². The third-order valence-corrected chi connectivity index (χ3v) is 5.29. The molecule has 3 heteroatoms. The minimum absolute atomic E-state index is 0.220. The molecule has 3 heterocycles. The molecule has 2 bridgehead atoms. The van der Waals surface area contributed by atoms with Crippen molar-refractivity contribution in [2.45, 2.75) is 18.4 Å². The summed E-state index contributed by atoms with van der Waals surface area (Å²) in [4.78, 5) is 2.36. The zero-order valence-corrected chi connectivity index (χ0v) is 12.5. The fourth-order valence-corrected chi connectivity index (χ4v) is 3.96. The summed E-state index contributed by atoms with van der Waals surface area (Å²) in [5.41, 5.74) is 2.34. The molecule has 0 aromatic heterocycles. The second-order valence-corrected chi connectivity index (χ2v) is 6.56. The first-order chi connectivity index (χ1) is 10.6. The Balaban J connectivity index is 1.63. The van der Waals surface area contributed by atoms with Crippen LogP contribution >= 0.6 is 0 Å². The van der Waals surface area contributed by atoms with Crippen LogP contribution in [0.25, 0.3) is 11.1 Å². The van der Waals surface area contributed by atoms with Crippen LogP contribution in [0, 0.1) is 11.7 Å². The number of nitrogens with zero attached hydrogens (tertiary/aromatic N) is 1. The van der Waals surface area contributed by atoms with Crippen LogP contribution in [0.1, 0.15) is 18.4 Å². The van der Waals surface area contributed by atoms with E-state index in [9.17, 15) is 9.50 Å². The Morgan fingerprint density at radius 3 is 1.95 bits per heavy atom. The SMILES string of the molecule is O[C@@]1(c2ccc(-c3ccc(F)cc3)cc2)CN2CCC1CC2. The van der Waals surface area contributed by atoms with Crippen molar-refractivity contribution in [2.75, 3.05) is 19.6 Å².